The number of hydrogen-bond acceptors (Lipinski definition) is 1. The van der Waals surface area contributed by atoms with E-state index < -0.39 is 0 Å². The van der Waals surface area contributed by atoms with Crippen LogP contribution in [0.2, 0.25) is 0 Å². The molecule has 2 nitrogen and oxygen atoms in total. The van der Waals surface area contributed by atoms with E-state index in [-0.39, 0.29) is 5.54 Å². The Morgan fingerprint density at radius 1 is 1.27 bits per heavy atom. The third-order valence-corrected chi connectivity index (χ3v) is 3.60. The van der Waals surface area contributed by atoms with Crippen LogP contribution in [0.4, 0.5) is 0 Å². The van der Waals surface area contributed by atoms with Crippen molar-refractivity contribution in [3.63, 3.8) is 0 Å². The van der Waals surface area contributed by atoms with Gasteiger partial charge in [0.2, 0.25) is 0 Å². The molecular formula is C13H22N2. The first kappa shape index (κ1) is 10.7. The number of nitrogens with zero attached hydrogens (tertiary/aromatic N) is 2. The van der Waals surface area contributed by atoms with E-state index in [4.69, 9.17) is 0 Å². The van der Waals surface area contributed by atoms with Crippen LogP contribution in [-0.4, -0.2) is 9.78 Å². The van der Waals surface area contributed by atoms with E-state index in [0.717, 1.165) is 0 Å². The van der Waals surface area contributed by atoms with Gasteiger partial charge in [0, 0.05) is 5.69 Å². The first-order valence-corrected chi connectivity index (χ1v) is 5.86. The maximum atomic E-state index is 4.55. The van der Waals surface area contributed by atoms with Crippen LogP contribution < -0.4 is 0 Å². The average Bonchev–Trinajstić information content (AvgIpc) is 2.38. The minimum Gasteiger partial charge on any atom is -0.264 e. The van der Waals surface area contributed by atoms with Gasteiger partial charge in [0.1, 0.15) is 0 Å². The zero-order chi connectivity index (χ0) is 11.3. The molecule has 0 saturated carbocycles. The summed E-state index contributed by atoms with van der Waals surface area (Å²) in [6, 6.07) is 0. The van der Waals surface area contributed by atoms with Gasteiger partial charge in [-0.2, -0.15) is 5.10 Å². The van der Waals surface area contributed by atoms with Crippen molar-refractivity contribution in [2.24, 2.45) is 5.41 Å². The second-order valence-electron chi connectivity index (χ2n) is 6.34. The van der Waals surface area contributed by atoms with Gasteiger partial charge in [-0.3, -0.25) is 4.68 Å². The van der Waals surface area contributed by atoms with Gasteiger partial charge in [0.25, 0.3) is 0 Å². The molecule has 0 radical (unpaired) electrons. The molecule has 0 saturated heterocycles. The Bertz CT molecular complexity index is 372. The lowest BCUT2D eigenvalue weighted by Gasteiger charge is -2.32. The Balaban J connectivity index is 2.48. The zero-order valence-electron chi connectivity index (χ0n) is 10.6. The second kappa shape index (κ2) is 3.10. The van der Waals surface area contributed by atoms with Gasteiger partial charge in [0.05, 0.1) is 11.7 Å². The maximum absolute atomic E-state index is 4.55. The van der Waals surface area contributed by atoms with E-state index in [1.807, 2.05) is 6.20 Å². The third-order valence-electron chi connectivity index (χ3n) is 3.60. The summed E-state index contributed by atoms with van der Waals surface area (Å²) in [7, 11) is 0. The van der Waals surface area contributed by atoms with Crippen LogP contribution in [0.3, 0.4) is 0 Å². The highest BCUT2D eigenvalue weighted by Gasteiger charge is 2.35. The molecule has 2 heterocycles. The minimum absolute atomic E-state index is 0.156. The summed E-state index contributed by atoms with van der Waals surface area (Å²) < 4.78 is 2.25. The van der Waals surface area contributed by atoms with Gasteiger partial charge >= 0.3 is 0 Å². The van der Waals surface area contributed by atoms with Crippen molar-refractivity contribution >= 4 is 0 Å². The quantitative estimate of drug-likeness (QED) is 0.637. The van der Waals surface area contributed by atoms with E-state index in [1.54, 1.807) is 0 Å². The van der Waals surface area contributed by atoms with Gasteiger partial charge < -0.3 is 0 Å². The van der Waals surface area contributed by atoms with E-state index in [9.17, 15) is 0 Å². The van der Waals surface area contributed by atoms with Crippen molar-refractivity contribution in [1.82, 2.24) is 9.78 Å². The normalized spacial score (nSPS) is 23.3. The maximum Gasteiger partial charge on any atom is 0.0579 e. The standard InChI is InChI=1S/C13H22N2/c1-10-8-14-15-11(10)6-7-12(2,3)9-13(15,4)5/h8H,6-7,9H2,1-5H3. The summed E-state index contributed by atoms with van der Waals surface area (Å²) in [5.74, 6) is 0. The predicted molar refractivity (Wildman–Crippen MR) is 63.0 cm³/mol. The summed E-state index contributed by atoms with van der Waals surface area (Å²) in [6.45, 7) is 11.5. The van der Waals surface area contributed by atoms with Crippen LogP contribution in [0.5, 0.6) is 0 Å². The molecule has 2 rings (SSSR count). The first-order valence-electron chi connectivity index (χ1n) is 5.86. The van der Waals surface area contributed by atoms with Gasteiger partial charge in [-0.25, -0.2) is 0 Å². The van der Waals surface area contributed by atoms with Crippen LogP contribution in [0, 0.1) is 12.3 Å². The Hall–Kier alpha value is -0.790. The van der Waals surface area contributed by atoms with Gasteiger partial charge in [-0.15, -0.1) is 0 Å². The largest absolute Gasteiger partial charge is 0.264 e. The van der Waals surface area contributed by atoms with E-state index >= 15 is 0 Å². The van der Waals surface area contributed by atoms with Crippen molar-refractivity contribution in [3.05, 3.63) is 17.5 Å². The molecule has 0 unspecified atom stereocenters. The number of aromatic nitrogens is 2. The summed E-state index contributed by atoms with van der Waals surface area (Å²) in [4.78, 5) is 0. The van der Waals surface area contributed by atoms with Crippen molar-refractivity contribution in [2.75, 3.05) is 0 Å². The monoisotopic (exact) mass is 206 g/mol. The number of aryl methyl sites for hydroxylation is 1. The SMILES string of the molecule is Cc1cnn2c1CCC(C)(C)CC2(C)C. The Morgan fingerprint density at radius 3 is 2.60 bits per heavy atom. The molecule has 0 atom stereocenters. The van der Waals surface area contributed by atoms with Crippen LogP contribution in [0.15, 0.2) is 6.20 Å². The van der Waals surface area contributed by atoms with Crippen molar-refractivity contribution in [1.29, 1.82) is 0 Å². The highest BCUT2D eigenvalue weighted by Crippen LogP contribution is 2.40. The van der Waals surface area contributed by atoms with E-state index in [0.29, 0.717) is 5.41 Å². The molecule has 1 aromatic rings. The number of rotatable bonds is 0. The lowest BCUT2D eigenvalue weighted by atomic mass is 9.78. The third kappa shape index (κ3) is 1.82. The fourth-order valence-electron chi connectivity index (χ4n) is 3.07. The molecule has 0 spiro atoms. The van der Waals surface area contributed by atoms with Gasteiger partial charge in [-0.05, 0) is 51.0 Å². The van der Waals surface area contributed by atoms with Crippen LogP contribution in [0.1, 0.15) is 51.8 Å². The van der Waals surface area contributed by atoms with Crippen molar-refractivity contribution < 1.29 is 0 Å². The smallest absolute Gasteiger partial charge is 0.0579 e. The molecule has 84 valence electrons. The molecule has 1 aromatic heterocycles. The molecule has 0 amide bonds. The first-order chi connectivity index (χ1) is 6.82. The van der Waals surface area contributed by atoms with Crippen molar-refractivity contribution in [2.45, 2.75) is 59.4 Å². The summed E-state index contributed by atoms with van der Waals surface area (Å²) >= 11 is 0. The van der Waals surface area contributed by atoms with E-state index in [2.05, 4.69) is 44.4 Å². The molecule has 0 fully saturated rings. The number of fused-ring (bicyclic) bond motifs is 1. The molecule has 0 aromatic carbocycles. The van der Waals surface area contributed by atoms with Crippen LogP contribution in [-0.2, 0) is 12.0 Å². The minimum atomic E-state index is 0.156. The van der Waals surface area contributed by atoms with Crippen LogP contribution in [0.25, 0.3) is 0 Å². The molecule has 2 heteroatoms. The fourth-order valence-corrected chi connectivity index (χ4v) is 3.07. The van der Waals surface area contributed by atoms with Crippen LogP contribution >= 0.6 is 0 Å². The highest BCUT2D eigenvalue weighted by molar-refractivity contribution is 5.19. The Kier molecular flexibility index (Phi) is 2.21. The number of hydrogen-bond donors (Lipinski definition) is 0. The average molecular weight is 206 g/mol. The summed E-state index contributed by atoms with van der Waals surface area (Å²) in [6.07, 6.45) is 5.65. The highest BCUT2D eigenvalue weighted by atomic mass is 15.3. The predicted octanol–water partition coefficient (Wildman–Crippen LogP) is 3.29. The van der Waals surface area contributed by atoms with E-state index in [1.165, 1.54) is 30.5 Å². The van der Waals surface area contributed by atoms with Gasteiger partial charge in [0.15, 0.2) is 0 Å². The van der Waals surface area contributed by atoms with Gasteiger partial charge in [-0.1, -0.05) is 13.8 Å². The Morgan fingerprint density at radius 2 is 1.93 bits per heavy atom. The summed E-state index contributed by atoms with van der Waals surface area (Å²) in [5, 5.41) is 4.55. The zero-order valence-corrected chi connectivity index (χ0v) is 10.6. The molecule has 0 N–H and O–H groups in total. The summed E-state index contributed by atoms with van der Waals surface area (Å²) in [5.41, 5.74) is 3.37. The second-order valence-corrected chi connectivity index (χ2v) is 6.34. The molecule has 15 heavy (non-hydrogen) atoms. The lowest BCUT2D eigenvalue weighted by molar-refractivity contribution is 0.191. The molecule has 1 aliphatic heterocycles. The lowest BCUT2D eigenvalue weighted by Crippen LogP contribution is -2.31. The molecule has 0 aliphatic carbocycles. The topological polar surface area (TPSA) is 17.8 Å². The molecular weight excluding hydrogens is 184 g/mol. The molecule has 0 bridgehead atoms. The van der Waals surface area contributed by atoms with Crippen molar-refractivity contribution in [3.8, 4) is 0 Å². The Labute approximate surface area is 92.7 Å². The molecule has 1 aliphatic rings. The fraction of sp³-hybridized carbons (Fsp3) is 0.769.